The third-order valence-corrected chi connectivity index (χ3v) is 3.30. The van der Waals surface area contributed by atoms with Crippen molar-refractivity contribution in [1.29, 1.82) is 0 Å². The molecule has 2 heteroatoms. The van der Waals surface area contributed by atoms with E-state index < -0.39 is 0 Å². The zero-order valence-electron chi connectivity index (χ0n) is 9.86. The zero-order valence-corrected chi connectivity index (χ0v) is 11.4. The summed E-state index contributed by atoms with van der Waals surface area (Å²) < 4.78 is 1.13. The second-order valence-corrected chi connectivity index (χ2v) is 5.06. The van der Waals surface area contributed by atoms with Gasteiger partial charge in [0.05, 0.1) is 0 Å². The SMILES string of the molecule is CC(NCc1ccccc1)c1cccc(Br)c1. The van der Waals surface area contributed by atoms with Crippen LogP contribution in [0.5, 0.6) is 0 Å². The van der Waals surface area contributed by atoms with Crippen LogP contribution in [0, 0.1) is 0 Å². The summed E-state index contributed by atoms with van der Waals surface area (Å²) in [7, 11) is 0. The molecule has 0 aromatic heterocycles. The summed E-state index contributed by atoms with van der Waals surface area (Å²) in [6.07, 6.45) is 0. The number of rotatable bonds is 4. The van der Waals surface area contributed by atoms with Crippen molar-refractivity contribution in [1.82, 2.24) is 5.32 Å². The van der Waals surface area contributed by atoms with Gasteiger partial charge in [0.15, 0.2) is 0 Å². The first-order chi connectivity index (χ1) is 8.25. The Kier molecular flexibility index (Phi) is 4.35. The molecule has 1 unspecified atom stereocenters. The van der Waals surface area contributed by atoms with Crippen LogP contribution in [0.15, 0.2) is 59.1 Å². The summed E-state index contributed by atoms with van der Waals surface area (Å²) in [4.78, 5) is 0. The maximum absolute atomic E-state index is 3.52. The molecule has 2 aromatic carbocycles. The lowest BCUT2D eigenvalue weighted by Crippen LogP contribution is -2.17. The number of hydrogen-bond donors (Lipinski definition) is 1. The van der Waals surface area contributed by atoms with Crippen LogP contribution in [0.4, 0.5) is 0 Å². The summed E-state index contributed by atoms with van der Waals surface area (Å²) in [5.41, 5.74) is 2.62. The first-order valence-corrected chi connectivity index (χ1v) is 6.58. The third kappa shape index (κ3) is 3.69. The molecule has 0 saturated heterocycles. The Morgan fingerprint density at radius 2 is 1.82 bits per heavy atom. The number of nitrogens with one attached hydrogen (secondary N) is 1. The van der Waals surface area contributed by atoms with Crippen LogP contribution in [0.2, 0.25) is 0 Å². The van der Waals surface area contributed by atoms with E-state index >= 15 is 0 Å². The van der Waals surface area contributed by atoms with Crippen molar-refractivity contribution < 1.29 is 0 Å². The van der Waals surface area contributed by atoms with Crippen molar-refractivity contribution in [3.05, 3.63) is 70.2 Å². The fourth-order valence-electron chi connectivity index (χ4n) is 1.76. The molecule has 0 aliphatic heterocycles. The van der Waals surface area contributed by atoms with E-state index in [-0.39, 0.29) is 0 Å². The highest BCUT2D eigenvalue weighted by molar-refractivity contribution is 9.10. The Balaban J connectivity index is 1.96. The van der Waals surface area contributed by atoms with Gasteiger partial charge in [-0.15, -0.1) is 0 Å². The van der Waals surface area contributed by atoms with Gasteiger partial charge < -0.3 is 5.32 Å². The lowest BCUT2D eigenvalue weighted by atomic mass is 10.1. The molecule has 0 fully saturated rings. The Morgan fingerprint density at radius 3 is 2.53 bits per heavy atom. The second-order valence-electron chi connectivity index (χ2n) is 4.14. The molecule has 1 atom stereocenters. The van der Waals surface area contributed by atoms with E-state index in [1.54, 1.807) is 0 Å². The lowest BCUT2D eigenvalue weighted by Gasteiger charge is -2.14. The molecule has 1 nitrogen and oxygen atoms in total. The Bertz CT molecular complexity index is 467. The Morgan fingerprint density at radius 1 is 1.06 bits per heavy atom. The molecule has 0 aliphatic carbocycles. The van der Waals surface area contributed by atoms with E-state index in [0.29, 0.717) is 6.04 Å². The van der Waals surface area contributed by atoms with Crippen LogP contribution in [-0.2, 0) is 6.54 Å². The zero-order chi connectivity index (χ0) is 12.1. The van der Waals surface area contributed by atoms with Crippen molar-refractivity contribution in [2.45, 2.75) is 19.5 Å². The quantitative estimate of drug-likeness (QED) is 0.885. The molecule has 0 aliphatic rings. The van der Waals surface area contributed by atoms with Gasteiger partial charge in [-0.05, 0) is 30.2 Å². The molecule has 0 radical (unpaired) electrons. The van der Waals surface area contributed by atoms with E-state index in [4.69, 9.17) is 0 Å². The first kappa shape index (κ1) is 12.3. The van der Waals surface area contributed by atoms with E-state index in [0.717, 1.165) is 11.0 Å². The standard InChI is InChI=1S/C15H16BrN/c1-12(14-8-5-9-15(16)10-14)17-11-13-6-3-2-4-7-13/h2-10,12,17H,11H2,1H3. The number of hydrogen-bond acceptors (Lipinski definition) is 1. The van der Waals surface area contributed by atoms with E-state index in [2.05, 4.69) is 70.6 Å². The van der Waals surface area contributed by atoms with Crippen LogP contribution in [-0.4, -0.2) is 0 Å². The van der Waals surface area contributed by atoms with Crippen LogP contribution in [0.3, 0.4) is 0 Å². The third-order valence-electron chi connectivity index (χ3n) is 2.80. The van der Waals surface area contributed by atoms with E-state index in [1.807, 2.05) is 12.1 Å². The molecule has 2 aromatic rings. The largest absolute Gasteiger partial charge is 0.306 e. The molecule has 17 heavy (non-hydrogen) atoms. The minimum absolute atomic E-state index is 0.354. The van der Waals surface area contributed by atoms with Gasteiger partial charge in [0.2, 0.25) is 0 Å². The molecule has 0 bridgehead atoms. The fraction of sp³-hybridized carbons (Fsp3) is 0.200. The molecule has 1 N–H and O–H groups in total. The normalized spacial score (nSPS) is 12.4. The predicted octanol–water partition coefficient (Wildman–Crippen LogP) is 4.30. The van der Waals surface area contributed by atoms with Gasteiger partial charge in [-0.3, -0.25) is 0 Å². The summed E-state index contributed by atoms with van der Waals surface area (Å²) >= 11 is 3.50. The van der Waals surface area contributed by atoms with Crippen molar-refractivity contribution in [3.63, 3.8) is 0 Å². The lowest BCUT2D eigenvalue weighted by molar-refractivity contribution is 0.574. The predicted molar refractivity (Wildman–Crippen MR) is 75.8 cm³/mol. The van der Waals surface area contributed by atoms with Crippen LogP contribution >= 0.6 is 15.9 Å². The molecule has 0 heterocycles. The first-order valence-electron chi connectivity index (χ1n) is 5.78. The van der Waals surface area contributed by atoms with Crippen LogP contribution in [0.1, 0.15) is 24.1 Å². The molecule has 0 amide bonds. The summed E-state index contributed by atoms with van der Waals surface area (Å²) in [5.74, 6) is 0. The molecule has 0 spiro atoms. The van der Waals surface area contributed by atoms with Crippen molar-refractivity contribution in [2.75, 3.05) is 0 Å². The average Bonchev–Trinajstić information content (AvgIpc) is 2.37. The molecule has 0 saturated carbocycles. The minimum atomic E-state index is 0.354. The fourth-order valence-corrected chi connectivity index (χ4v) is 2.18. The highest BCUT2D eigenvalue weighted by atomic mass is 79.9. The summed E-state index contributed by atoms with van der Waals surface area (Å²) in [6, 6.07) is 19.2. The van der Waals surface area contributed by atoms with E-state index in [1.165, 1.54) is 11.1 Å². The average molecular weight is 290 g/mol. The molecular weight excluding hydrogens is 274 g/mol. The highest BCUT2D eigenvalue weighted by Gasteiger charge is 2.04. The maximum atomic E-state index is 3.52. The van der Waals surface area contributed by atoms with Gasteiger partial charge >= 0.3 is 0 Å². The maximum Gasteiger partial charge on any atom is 0.0295 e. The van der Waals surface area contributed by atoms with Gasteiger partial charge in [-0.1, -0.05) is 58.4 Å². The van der Waals surface area contributed by atoms with Crippen molar-refractivity contribution in [2.24, 2.45) is 0 Å². The van der Waals surface area contributed by atoms with Gasteiger partial charge in [-0.2, -0.15) is 0 Å². The summed E-state index contributed by atoms with van der Waals surface area (Å²) in [5, 5.41) is 3.52. The van der Waals surface area contributed by atoms with Crippen molar-refractivity contribution in [3.8, 4) is 0 Å². The highest BCUT2D eigenvalue weighted by Crippen LogP contribution is 2.18. The van der Waals surface area contributed by atoms with Crippen LogP contribution in [0.25, 0.3) is 0 Å². The van der Waals surface area contributed by atoms with Crippen LogP contribution < -0.4 is 5.32 Å². The smallest absolute Gasteiger partial charge is 0.0295 e. The monoisotopic (exact) mass is 289 g/mol. The summed E-state index contributed by atoms with van der Waals surface area (Å²) in [6.45, 7) is 3.08. The molecule has 2 rings (SSSR count). The van der Waals surface area contributed by atoms with Gasteiger partial charge in [0, 0.05) is 17.1 Å². The van der Waals surface area contributed by atoms with Gasteiger partial charge in [-0.25, -0.2) is 0 Å². The number of halogens is 1. The molecule has 88 valence electrons. The van der Waals surface area contributed by atoms with Gasteiger partial charge in [0.25, 0.3) is 0 Å². The van der Waals surface area contributed by atoms with Crippen molar-refractivity contribution >= 4 is 15.9 Å². The Labute approximate surface area is 111 Å². The number of benzene rings is 2. The Hall–Kier alpha value is -1.12. The van der Waals surface area contributed by atoms with E-state index in [9.17, 15) is 0 Å². The molecular formula is C15H16BrN. The minimum Gasteiger partial charge on any atom is -0.306 e. The van der Waals surface area contributed by atoms with Gasteiger partial charge in [0.1, 0.15) is 0 Å². The topological polar surface area (TPSA) is 12.0 Å². The second kappa shape index (κ2) is 5.99.